The van der Waals surface area contributed by atoms with E-state index in [2.05, 4.69) is 68.2 Å². The fourth-order valence-electron chi connectivity index (χ4n) is 4.19. The Morgan fingerprint density at radius 3 is 2.55 bits per heavy atom. The molecule has 0 saturated heterocycles. The minimum atomic E-state index is -0.419. The third-order valence-corrected chi connectivity index (χ3v) is 5.91. The number of hydrogen-bond donors (Lipinski definition) is 0. The zero-order valence-corrected chi connectivity index (χ0v) is 16.8. The van der Waals surface area contributed by atoms with Crippen LogP contribution in [-0.4, -0.2) is 41.3 Å². The van der Waals surface area contributed by atoms with Gasteiger partial charge in [0.15, 0.2) is 0 Å². The molecule has 5 rings (SSSR count). The summed E-state index contributed by atoms with van der Waals surface area (Å²) in [5, 5.41) is 5.02. The van der Waals surface area contributed by atoms with Gasteiger partial charge >= 0.3 is 0 Å². The molecule has 0 bridgehead atoms. The van der Waals surface area contributed by atoms with Crippen LogP contribution in [0.1, 0.15) is 21.6 Å². The molecular formula is C22H20B2N4O. The minimum Gasteiger partial charge on any atom is -0.339 e. The molecule has 29 heavy (non-hydrogen) atoms. The Morgan fingerprint density at radius 2 is 1.79 bits per heavy atom. The molecule has 2 aromatic heterocycles. The van der Waals surface area contributed by atoms with Crippen molar-refractivity contribution in [3.05, 3.63) is 83.8 Å². The number of fused-ring (bicyclic) bond motifs is 2. The first-order valence-electron chi connectivity index (χ1n) is 9.74. The van der Waals surface area contributed by atoms with Crippen molar-refractivity contribution in [2.75, 3.05) is 0 Å². The maximum absolute atomic E-state index is 12.9. The molecule has 1 aliphatic rings. The van der Waals surface area contributed by atoms with E-state index in [1.165, 1.54) is 0 Å². The first-order chi connectivity index (χ1) is 13.9. The average molecular weight is 378 g/mol. The average Bonchev–Trinajstić information content (AvgIpc) is 3.20. The van der Waals surface area contributed by atoms with Gasteiger partial charge in [0, 0.05) is 30.5 Å². The van der Waals surface area contributed by atoms with Crippen molar-refractivity contribution < 1.29 is 4.79 Å². The largest absolute Gasteiger partial charge is 0.339 e. The molecule has 2 aromatic carbocycles. The zero-order valence-electron chi connectivity index (χ0n) is 16.8. The Hall–Kier alpha value is -3.34. The highest BCUT2D eigenvalue weighted by atomic mass is 16.2. The molecule has 1 aliphatic heterocycles. The third-order valence-electron chi connectivity index (χ3n) is 5.91. The molecule has 140 valence electrons. The van der Waals surface area contributed by atoms with Crippen LogP contribution in [0.25, 0.3) is 22.0 Å². The molecule has 3 heterocycles. The van der Waals surface area contributed by atoms with Gasteiger partial charge in [-0.05, 0) is 41.0 Å². The predicted octanol–water partition coefficient (Wildman–Crippen LogP) is 1.67. The van der Waals surface area contributed by atoms with E-state index in [-0.39, 0.29) is 5.91 Å². The number of benzene rings is 2. The molecule has 5 nitrogen and oxygen atoms in total. The number of amides is 1. The van der Waals surface area contributed by atoms with Crippen molar-refractivity contribution in [3.8, 4) is 11.1 Å². The van der Waals surface area contributed by atoms with Crippen molar-refractivity contribution in [2.24, 2.45) is 7.05 Å². The number of aryl methyl sites for hydroxylation is 1. The quantitative estimate of drug-likeness (QED) is 0.510. The van der Waals surface area contributed by atoms with E-state index in [9.17, 15) is 4.79 Å². The van der Waals surface area contributed by atoms with E-state index in [0.717, 1.165) is 33.3 Å². The highest BCUT2D eigenvalue weighted by Crippen LogP contribution is 2.34. The van der Waals surface area contributed by atoms with Gasteiger partial charge in [-0.1, -0.05) is 30.3 Å². The summed E-state index contributed by atoms with van der Waals surface area (Å²) in [6.07, 6.45) is 3.64. The zero-order chi connectivity index (χ0) is 20.2. The van der Waals surface area contributed by atoms with Gasteiger partial charge in [0.05, 0.1) is 23.0 Å². The molecule has 0 unspecified atom stereocenters. The summed E-state index contributed by atoms with van der Waals surface area (Å²) < 4.78 is 1.88. The number of carbonyl (C=O) groups excluding carboxylic acids is 1. The molecule has 1 amide bonds. The second-order valence-electron chi connectivity index (χ2n) is 8.09. The Labute approximate surface area is 171 Å². The lowest BCUT2D eigenvalue weighted by atomic mass is 9.59. The Kier molecular flexibility index (Phi) is 3.88. The topological polar surface area (TPSA) is 51.0 Å². The number of carbonyl (C=O) groups is 1. The molecule has 0 spiro atoms. The summed E-state index contributed by atoms with van der Waals surface area (Å²) in [5.41, 5.74) is 6.09. The van der Waals surface area contributed by atoms with Crippen LogP contribution in [0, 0.1) is 0 Å². The molecule has 0 aliphatic carbocycles. The highest BCUT2D eigenvalue weighted by molar-refractivity contribution is 6.42. The summed E-state index contributed by atoms with van der Waals surface area (Å²) in [7, 11) is 6.06. The number of aromatic nitrogens is 3. The van der Waals surface area contributed by atoms with Gasteiger partial charge in [0.25, 0.3) is 5.91 Å². The summed E-state index contributed by atoms with van der Waals surface area (Å²) >= 11 is 0. The van der Waals surface area contributed by atoms with E-state index < -0.39 is 5.34 Å². The van der Waals surface area contributed by atoms with Crippen LogP contribution >= 0.6 is 0 Å². The lowest BCUT2D eigenvalue weighted by Crippen LogP contribution is -2.44. The smallest absolute Gasteiger partial charge is 0.255 e. The number of pyridine rings is 1. The van der Waals surface area contributed by atoms with Crippen molar-refractivity contribution in [1.82, 2.24) is 19.7 Å². The summed E-state index contributed by atoms with van der Waals surface area (Å²) in [6.45, 7) is 0.560. The van der Waals surface area contributed by atoms with Crippen LogP contribution in [0.3, 0.4) is 0 Å². The number of nitrogens with zero attached hydrogens (tertiary/aromatic N) is 4. The van der Waals surface area contributed by atoms with Gasteiger partial charge in [-0.15, -0.1) is 0 Å². The molecule has 7 heteroatoms. The first kappa shape index (κ1) is 17.7. The molecular weight excluding hydrogens is 358 g/mol. The summed E-state index contributed by atoms with van der Waals surface area (Å²) in [5.74, 6) is 0.0456. The van der Waals surface area contributed by atoms with Crippen molar-refractivity contribution in [1.29, 1.82) is 0 Å². The van der Waals surface area contributed by atoms with Gasteiger partial charge in [-0.3, -0.25) is 14.5 Å². The Balaban J connectivity index is 1.41. The van der Waals surface area contributed by atoms with Crippen LogP contribution in [-0.2, 0) is 18.9 Å². The summed E-state index contributed by atoms with van der Waals surface area (Å²) in [4.78, 5) is 19.3. The van der Waals surface area contributed by atoms with Gasteiger partial charge in [0.2, 0.25) is 0 Å². The van der Waals surface area contributed by atoms with Gasteiger partial charge in [-0.2, -0.15) is 5.10 Å². The summed E-state index contributed by atoms with van der Waals surface area (Å²) in [6, 6.07) is 18.5. The molecule has 0 fully saturated rings. The first-order valence-corrected chi connectivity index (χ1v) is 9.74. The standard InChI is InChI=1S/C22H20B2N4O/c1-27-19-9-8-16(11-17(19)12-26-27)15-6-4-14(5-7-15)13-28-21(29)18-3-2-10-25-20(18)22(28,23)24/h2-12H,13,23-24H2,1H3. The van der Waals surface area contributed by atoms with Crippen molar-refractivity contribution >= 4 is 32.5 Å². The second kappa shape index (κ2) is 6.34. The minimum absolute atomic E-state index is 0.0456. The third kappa shape index (κ3) is 2.77. The predicted molar refractivity (Wildman–Crippen MR) is 119 cm³/mol. The second-order valence-corrected chi connectivity index (χ2v) is 8.09. The van der Waals surface area contributed by atoms with Crippen LogP contribution in [0.5, 0.6) is 0 Å². The number of hydrogen-bond acceptors (Lipinski definition) is 3. The van der Waals surface area contributed by atoms with Crippen LogP contribution in [0.2, 0.25) is 0 Å². The van der Waals surface area contributed by atoms with Crippen molar-refractivity contribution in [2.45, 2.75) is 11.9 Å². The Morgan fingerprint density at radius 1 is 1.03 bits per heavy atom. The van der Waals surface area contributed by atoms with Gasteiger partial charge < -0.3 is 4.90 Å². The lowest BCUT2D eigenvalue weighted by molar-refractivity contribution is 0.0731. The SMILES string of the molecule is BC1(B)c2ncccc2C(=O)N1Cc1ccc(-c2ccc3c(cnn3C)c2)cc1. The van der Waals surface area contributed by atoms with E-state index in [1.54, 1.807) is 6.20 Å². The fraction of sp³-hybridized carbons (Fsp3) is 0.136. The van der Waals surface area contributed by atoms with Gasteiger partial charge in [0.1, 0.15) is 15.7 Å². The van der Waals surface area contributed by atoms with E-state index in [1.807, 2.05) is 35.0 Å². The molecule has 0 N–H and O–H groups in total. The number of rotatable bonds is 3. The highest BCUT2D eigenvalue weighted by Gasteiger charge is 2.43. The Bertz CT molecular complexity index is 1250. The lowest BCUT2D eigenvalue weighted by Gasteiger charge is -2.32. The normalized spacial score (nSPS) is 15.1. The van der Waals surface area contributed by atoms with Crippen molar-refractivity contribution in [3.63, 3.8) is 0 Å². The van der Waals surface area contributed by atoms with Crippen LogP contribution in [0.15, 0.2) is 67.0 Å². The molecule has 4 aromatic rings. The van der Waals surface area contributed by atoms with E-state index in [4.69, 9.17) is 0 Å². The van der Waals surface area contributed by atoms with Gasteiger partial charge in [-0.25, -0.2) is 0 Å². The van der Waals surface area contributed by atoms with E-state index in [0.29, 0.717) is 12.1 Å². The van der Waals surface area contributed by atoms with Crippen LogP contribution < -0.4 is 0 Å². The molecule has 0 radical (unpaired) electrons. The molecule has 0 saturated carbocycles. The van der Waals surface area contributed by atoms with E-state index >= 15 is 0 Å². The monoisotopic (exact) mass is 378 g/mol. The maximum Gasteiger partial charge on any atom is 0.255 e. The molecule has 0 atom stereocenters. The fourth-order valence-corrected chi connectivity index (χ4v) is 4.19. The maximum atomic E-state index is 12.9. The van der Waals surface area contributed by atoms with Crippen LogP contribution in [0.4, 0.5) is 0 Å².